The first-order valence-electron chi connectivity index (χ1n) is 12.0. The second kappa shape index (κ2) is 12.1. The van der Waals surface area contributed by atoms with E-state index in [1.165, 1.54) is 12.1 Å². The van der Waals surface area contributed by atoms with Gasteiger partial charge in [0.2, 0.25) is 0 Å². The van der Waals surface area contributed by atoms with E-state index in [1.54, 1.807) is 24.8 Å². The fourth-order valence-corrected chi connectivity index (χ4v) is 4.55. The number of carboxylic acids is 1. The second-order valence-corrected chi connectivity index (χ2v) is 10.3. The smallest absolute Gasteiger partial charge is 0.416 e. The Kier molecular flexibility index (Phi) is 9.36. The third-order valence-corrected chi connectivity index (χ3v) is 7.17. The Hall–Kier alpha value is -2.91. The summed E-state index contributed by atoms with van der Waals surface area (Å²) in [5.74, 6) is 1.42. The number of rotatable bonds is 11. The second-order valence-electron chi connectivity index (χ2n) is 9.21. The highest BCUT2D eigenvalue weighted by molar-refractivity contribution is 7.98. The highest BCUT2D eigenvalue weighted by Gasteiger charge is 2.30. The molecule has 0 saturated heterocycles. The highest BCUT2D eigenvalue weighted by atomic mass is 32.2. The van der Waals surface area contributed by atoms with Crippen molar-refractivity contribution in [2.24, 2.45) is 0 Å². The largest absolute Gasteiger partial charge is 0.479 e. The highest BCUT2D eigenvalue weighted by Crippen LogP contribution is 2.35. The van der Waals surface area contributed by atoms with Gasteiger partial charge in [0.05, 0.1) is 12.1 Å². The molecule has 1 atom stereocenters. The third kappa shape index (κ3) is 7.55. The van der Waals surface area contributed by atoms with Crippen molar-refractivity contribution in [3.63, 3.8) is 0 Å². The van der Waals surface area contributed by atoms with Crippen LogP contribution in [0.3, 0.4) is 0 Å². The van der Waals surface area contributed by atoms with Gasteiger partial charge in [-0.1, -0.05) is 19.1 Å². The molecule has 37 heavy (non-hydrogen) atoms. The van der Waals surface area contributed by atoms with Gasteiger partial charge in [0, 0.05) is 27.8 Å². The van der Waals surface area contributed by atoms with E-state index < -0.39 is 23.8 Å². The summed E-state index contributed by atoms with van der Waals surface area (Å²) >= 11 is 1.59. The van der Waals surface area contributed by atoms with Crippen molar-refractivity contribution in [2.75, 3.05) is 7.05 Å². The van der Waals surface area contributed by atoms with Crippen LogP contribution in [0.4, 0.5) is 13.2 Å². The zero-order valence-corrected chi connectivity index (χ0v) is 22.4. The molecule has 0 spiro atoms. The van der Waals surface area contributed by atoms with Crippen LogP contribution in [0.2, 0.25) is 0 Å². The minimum atomic E-state index is -4.39. The van der Waals surface area contributed by atoms with E-state index in [0.717, 1.165) is 33.9 Å². The number of hydrogen-bond donors (Lipinski definition) is 1. The maximum Gasteiger partial charge on any atom is 0.416 e. The van der Waals surface area contributed by atoms with E-state index >= 15 is 0 Å². The molecule has 2 aromatic carbocycles. The van der Waals surface area contributed by atoms with Crippen LogP contribution in [0.15, 0.2) is 57.8 Å². The van der Waals surface area contributed by atoms with Crippen LogP contribution in [0, 0.1) is 6.92 Å². The summed E-state index contributed by atoms with van der Waals surface area (Å²) in [6, 6.07) is 12.8. The van der Waals surface area contributed by atoms with Crippen LogP contribution >= 0.6 is 11.8 Å². The van der Waals surface area contributed by atoms with Crippen LogP contribution < -0.4 is 4.74 Å². The van der Waals surface area contributed by atoms with Crippen molar-refractivity contribution in [3.05, 3.63) is 71.0 Å². The number of benzene rings is 2. The predicted molar refractivity (Wildman–Crippen MR) is 139 cm³/mol. The lowest BCUT2D eigenvalue weighted by atomic mass is 10.1. The lowest BCUT2D eigenvalue weighted by Crippen LogP contribution is -2.26. The minimum Gasteiger partial charge on any atom is -0.479 e. The Labute approximate surface area is 219 Å². The van der Waals surface area contributed by atoms with Crippen molar-refractivity contribution in [1.82, 2.24) is 4.90 Å². The SMILES string of the molecule is CCC(Oc1ccc(SCc2cc(-c3ccc(C(F)(F)F)cc3)oc2CN(C)C(C)C)cc1C)C(=O)O. The molecule has 9 heteroatoms. The molecule has 200 valence electrons. The number of alkyl halides is 3. The van der Waals surface area contributed by atoms with Crippen LogP contribution in [0.25, 0.3) is 11.3 Å². The Bertz CT molecular complexity index is 1210. The molecule has 0 aliphatic carbocycles. The van der Waals surface area contributed by atoms with Crippen LogP contribution in [-0.4, -0.2) is 35.2 Å². The minimum absolute atomic E-state index is 0.285. The zero-order chi connectivity index (χ0) is 27.3. The van der Waals surface area contributed by atoms with Crippen molar-refractivity contribution < 1.29 is 32.2 Å². The zero-order valence-electron chi connectivity index (χ0n) is 21.6. The summed E-state index contributed by atoms with van der Waals surface area (Å²) in [6.45, 7) is 8.35. The number of ether oxygens (including phenoxy) is 1. The number of carbonyl (C=O) groups is 1. The summed E-state index contributed by atoms with van der Waals surface area (Å²) in [6.07, 6.45) is -4.92. The van der Waals surface area contributed by atoms with E-state index in [4.69, 9.17) is 9.15 Å². The van der Waals surface area contributed by atoms with Crippen LogP contribution in [-0.2, 0) is 23.3 Å². The molecule has 0 bridgehead atoms. The van der Waals surface area contributed by atoms with Gasteiger partial charge in [0.15, 0.2) is 6.10 Å². The van der Waals surface area contributed by atoms with Gasteiger partial charge in [-0.2, -0.15) is 13.2 Å². The lowest BCUT2D eigenvalue weighted by Gasteiger charge is -2.20. The van der Waals surface area contributed by atoms with Gasteiger partial charge < -0.3 is 14.3 Å². The Balaban J connectivity index is 1.81. The molecule has 3 aromatic rings. The number of aliphatic carboxylic acids is 1. The van der Waals surface area contributed by atoms with E-state index in [9.17, 15) is 23.1 Å². The molecule has 0 fully saturated rings. The number of nitrogens with zero attached hydrogens (tertiary/aromatic N) is 1. The van der Waals surface area contributed by atoms with E-state index in [2.05, 4.69) is 18.7 Å². The first-order valence-corrected chi connectivity index (χ1v) is 13.0. The first-order chi connectivity index (χ1) is 17.4. The molecule has 0 aliphatic heterocycles. The molecule has 1 unspecified atom stereocenters. The number of halogens is 3. The molecule has 0 radical (unpaired) electrons. The molecule has 0 saturated carbocycles. The summed E-state index contributed by atoms with van der Waals surface area (Å²) in [7, 11) is 1.99. The fraction of sp³-hybridized carbons (Fsp3) is 0.393. The third-order valence-electron chi connectivity index (χ3n) is 6.12. The molecule has 0 amide bonds. The Morgan fingerprint density at radius 1 is 1.14 bits per heavy atom. The van der Waals surface area contributed by atoms with Gasteiger partial charge in [-0.05, 0) is 76.2 Å². The molecular weight excluding hydrogens is 503 g/mol. The topological polar surface area (TPSA) is 62.9 Å². The van der Waals surface area contributed by atoms with Crippen molar-refractivity contribution in [2.45, 2.75) is 69.6 Å². The van der Waals surface area contributed by atoms with Gasteiger partial charge in [0.1, 0.15) is 17.3 Å². The molecular formula is C28H32F3NO4S. The van der Waals surface area contributed by atoms with E-state index in [0.29, 0.717) is 35.8 Å². The standard InChI is InChI=1S/C28H32F3NO4S/c1-6-23(27(33)34)35-24-12-11-22(13-18(24)4)37-16-20-14-25(36-26(20)15-32(5)17(2)3)19-7-9-21(10-8-19)28(29,30)31/h7-14,17,23H,6,15-16H2,1-5H3,(H,33,34). The summed E-state index contributed by atoms with van der Waals surface area (Å²) in [5.41, 5.74) is 1.68. The maximum atomic E-state index is 13.0. The average Bonchev–Trinajstić information content (AvgIpc) is 3.23. The number of furan rings is 1. The quantitative estimate of drug-likeness (QED) is 0.255. The van der Waals surface area contributed by atoms with Crippen LogP contribution in [0.5, 0.6) is 5.75 Å². The predicted octanol–water partition coefficient (Wildman–Crippen LogP) is 7.65. The summed E-state index contributed by atoms with van der Waals surface area (Å²) in [5, 5.41) is 9.25. The molecule has 1 aromatic heterocycles. The van der Waals surface area contributed by atoms with Crippen molar-refractivity contribution >= 4 is 17.7 Å². The first kappa shape index (κ1) is 28.7. The molecule has 0 aliphatic rings. The van der Waals surface area contributed by atoms with Crippen LogP contribution in [0.1, 0.15) is 49.6 Å². The Morgan fingerprint density at radius 3 is 2.35 bits per heavy atom. The number of aryl methyl sites for hydroxylation is 1. The van der Waals surface area contributed by atoms with Gasteiger partial charge in [-0.15, -0.1) is 11.8 Å². The van der Waals surface area contributed by atoms with E-state index in [-0.39, 0.29) is 6.04 Å². The lowest BCUT2D eigenvalue weighted by molar-refractivity contribution is -0.145. The van der Waals surface area contributed by atoms with Crippen molar-refractivity contribution in [3.8, 4) is 17.1 Å². The van der Waals surface area contributed by atoms with Gasteiger partial charge >= 0.3 is 12.1 Å². The number of hydrogen-bond acceptors (Lipinski definition) is 5. The Morgan fingerprint density at radius 2 is 1.81 bits per heavy atom. The maximum absolute atomic E-state index is 13.0. The average molecular weight is 536 g/mol. The van der Waals surface area contributed by atoms with Gasteiger partial charge in [0.25, 0.3) is 0 Å². The fourth-order valence-electron chi connectivity index (χ4n) is 3.56. The normalized spacial score (nSPS) is 12.8. The van der Waals surface area contributed by atoms with E-state index in [1.807, 2.05) is 32.2 Å². The number of thioether (sulfide) groups is 1. The van der Waals surface area contributed by atoms with Gasteiger partial charge in [-0.3, -0.25) is 4.90 Å². The molecule has 1 heterocycles. The summed E-state index contributed by atoms with van der Waals surface area (Å²) < 4.78 is 50.7. The molecule has 5 nitrogen and oxygen atoms in total. The molecule has 1 N–H and O–H groups in total. The molecule has 3 rings (SSSR count). The van der Waals surface area contributed by atoms with Crippen molar-refractivity contribution in [1.29, 1.82) is 0 Å². The summed E-state index contributed by atoms with van der Waals surface area (Å²) in [4.78, 5) is 14.4. The van der Waals surface area contributed by atoms with Gasteiger partial charge in [-0.25, -0.2) is 4.79 Å². The monoisotopic (exact) mass is 535 g/mol. The number of carboxylic acid groups (broad SMARTS) is 1.